The molecule has 1 aliphatic carbocycles. The quantitative estimate of drug-likeness (QED) is 0.533. The standard InChI is InChI=1S/C20H22F2O/c1-3-5-9-23-19-8-7-14-15-10-13(6-4-2)11-18(21)16(15)12-17(14)20(19)22/h7-8,10-11H,3-6,9,12H2,1-2H3. The summed E-state index contributed by atoms with van der Waals surface area (Å²) in [5.74, 6) is -0.291. The van der Waals surface area contributed by atoms with Crippen molar-refractivity contribution in [2.24, 2.45) is 0 Å². The molecule has 1 nitrogen and oxygen atoms in total. The second kappa shape index (κ2) is 6.69. The number of rotatable bonds is 6. The topological polar surface area (TPSA) is 9.23 Å². The first-order valence-corrected chi connectivity index (χ1v) is 8.41. The van der Waals surface area contributed by atoms with Gasteiger partial charge in [-0.3, -0.25) is 0 Å². The van der Waals surface area contributed by atoms with Crippen molar-refractivity contribution in [2.75, 3.05) is 6.61 Å². The van der Waals surface area contributed by atoms with E-state index in [4.69, 9.17) is 4.74 Å². The van der Waals surface area contributed by atoms with E-state index in [0.29, 0.717) is 24.2 Å². The van der Waals surface area contributed by atoms with Gasteiger partial charge in [0.05, 0.1) is 6.61 Å². The van der Waals surface area contributed by atoms with E-state index < -0.39 is 0 Å². The van der Waals surface area contributed by atoms with Gasteiger partial charge in [0.25, 0.3) is 0 Å². The van der Waals surface area contributed by atoms with Crippen LogP contribution in [0.2, 0.25) is 0 Å². The van der Waals surface area contributed by atoms with Crippen molar-refractivity contribution < 1.29 is 13.5 Å². The van der Waals surface area contributed by atoms with Gasteiger partial charge in [0.2, 0.25) is 0 Å². The van der Waals surface area contributed by atoms with Crippen LogP contribution in [0.15, 0.2) is 24.3 Å². The third-order valence-electron chi connectivity index (χ3n) is 4.40. The summed E-state index contributed by atoms with van der Waals surface area (Å²) in [6.07, 6.45) is 4.00. The first-order chi connectivity index (χ1) is 11.2. The molecule has 122 valence electrons. The van der Waals surface area contributed by atoms with Crippen LogP contribution in [0.4, 0.5) is 8.78 Å². The van der Waals surface area contributed by atoms with E-state index in [1.165, 1.54) is 0 Å². The third-order valence-corrected chi connectivity index (χ3v) is 4.40. The Morgan fingerprint density at radius 1 is 1.00 bits per heavy atom. The second-order valence-electron chi connectivity index (χ2n) is 6.14. The lowest BCUT2D eigenvalue weighted by atomic mass is 10.00. The van der Waals surface area contributed by atoms with Crippen molar-refractivity contribution >= 4 is 0 Å². The predicted molar refractivity (Wildman–Crippen MR) is 89.0 cm³/mol. The molecule has 0 saturated heterocycles. The highest BCUT2D eigenvalue weighted by molar-refractivity contribution is 5.78. The maximum absolute atomic E-state index is 14.7. The maximum Gasteiger partial charge on any atom is 0.169 e. The summed E-state index contributed by atoms with van der Waals surface area (Å²) in [5.41, 5.74) is 3.77. The molecule has 3 heteroatoms. The van der Waals surface area contributed by atoms with Crippen LogP contribution in [0.1, 0.15) is 49.8 Å². The number of aryl methyl sites for hydroxylation is 1. The maximum atomic E-state index is 14.7. The number of unbranched alkanes of at least 4 members (excludes halogenated alkanes) is 1. The lowest BCUT2D eigenvalue weighted by molar-refractivity contribution is 0.293. The molecule has 0 N–H and O–H groups in total. The number of benzene rings is 2. The van der Waals surface area contributed by atoms with E-state index in [0.717, 1.165) is 42.4 Å². The molecule has 2 aromatic carbocycles. The molecule has 0 aromatic heterocycles. The average molecular weight is 316 g/mol. The Hall–Kier alpha value is -1.90. The molecule has 0 fully saturated rings. The molecule has 3 rings (SSSR count). The third kappa shape index (κ3) is 2.97. The van der Waals surface area contributed by atoms with Crippen LogP contribution < -0.4 is 4.74 Å². The highest BCUT2D eigenvalue weighted by Gasteiger charge is 2.27. The summed E-state index contributed by atoms with van der Waals surface area (Å²) in [4.78, 5) is 0. The van der Waals surface area contributed by atoms with Crippen LogP contribution in [0.25, 0.3) is 11.1 Å². The molecular formula is C20H22F2O. The minimum absolute atomic E-state index is 0.227. The molecule has 0 radical (unpaired) electrons. The first-order valence-electron chi connectivity index (χ1n) is 8.41. The molecule has 2 aromatic rings. The van der Waals surface area contributed by atoms with Crippen LogP contribution in [-0.2, 0) is 12.8 Å². The summed E-state index contributed by atoms with van der Waals surface area (Å²) in [6.45, 7) is 4.64. The van der Waals surface area contributed by atoms with Crippen molar-refractivity contribution in [1.29, 1.82) is 0 Å². The largest absolute Gasteiger partial charge is 0.491 e. The summed E-state index contributed by atoms with van der Waals surface area (Å²) in [5, 5.41) is 0. The zero-order valence-corrected chi connectivity index (χ0v) is 13.7. The predicted octanol–water partition coefficient (Wildman–Crippen LogP) is 5.67. The van der Waals surface area contributed by atoms with Crippen LogP contribution in [0, 0.1) is 11.6 Å². The molecule has 0 unspecified atom stereocenters. The molecule has 0 bridgehead atoms. The van der Waals surface area contributed by atoms with E-state index in [-0.39, 0.29) is 17.4 Å². The Balaban J connectivity index is 1.97. The Labute approximate surface area is 136 Å². The number of hydrogen-bond acceptors (Lipinski definition) is 1. The van der Waals surface area contributed by atoms with E-state index in [2.05, 4.69) is 13.8 Å². The van der Waals surface area contributed by atoms with Crippen LogP contribution in [0.5, 0.6) is 5.75 Å². The van der Waals surface area contributed by atoms with Gasteiger partial charge in [0, 0.05) is 17.5 Å². The Morgan fingerprint density at radius 2 is 1.83 bits per heavy atom. The smallest absolute Gasteiger partial charge is 0.169 e. The molecule has 0 aliphatic heterocycles. The number of fused-ring (bicyclic) bond motifs is 3. The van der Waals surface area contributed by atoms with Crippen molar-refractivity contribution in [1.82, 2.24) is 0 Å². The van der Waals surface area contributed by atoms with Gasteiger partial charge in [-0.05, 0) is 41.7 Å². The van der Waals surface area contributed by atoms with Gasteiger partial charge in [0.1, 0.15) is 5.82 Å². The van der Waals surface area contributed by atoms with Gasteiger partial charge in [-0.1, -0.05) is 38.8 Å². The molecular weight excluding hydrogens is 294 g/mol. The van der Waals surface area contributed by atoms with E-state index in [1.807, 2.05) is 12.1 Å². The van der Waals surface area contributed by atoms with Crippen LogP contribution in [-0.4, -0.2) is 6.61 Å². The fourth-order valence-corrected chi connectivity index (χ4v) is 3.19. The molecule has 0 heterocycles. The molecule has 1 aliphatic rings. The number of ether oxygens (including phenoxy) is 1. The highest BCUT2D eigenvalue weighted by atomic mass is 19.1. The van der Waals surface area contributed by atoms with E-state index >= 15 is 0 Å². The zero-order chi connectivity index (χ0) is 16.4. The minimum atomic E-state index is -0.341. The Bertz CT molecular complexity index is 722. The second-order valence-corrected chi connectivity index (χ2v) is 6.14. The summed E-state index contributed by atoms with van der Waals surface area (Å²) in [7, 11) is 0. The molecule has 23 heavy (non-hydrogen) atoms. The van der Waals surface area contributed by atoms with Crippen molar-refractivity contribution in [3.8, 4) is 16.9 Å². The van der Waals surface area contributed by atoms with Gasteiger partial charge in [-0.2, -0.15) is 0 Å². The Morgan fingerprint density at radius 3 is 2.57 bits per heavy atom. The zero-order valence-electron chi connectivity index (χ0n) is 13.7. The van der Waals surface area contributed by atoms with Crippen LogP contribution in [0.3, 0.4) is 0 Å². The Kier molecular flexibility index (Phi) is 4.65. The summed E-state index contributed by atoms with van der Waals surface area (Å²) in [6, 6.07) is 7.12. The fourth-order valence-electron chi connectivity index (χ4n) is 3.19. The molecule has 0 atom stereocenters. The first kappa shape index (κ1) is 16.0. The number of hydrogen-bond donors (Lipinski definition) is 0. The summed E-state index contributed by atoms with van der Waals surface area (Å²) < 4.78 is 34.6. The lowest BCUT2D eigenvalue weighted by Crippen LogP contribution is -2.00. The van der Waals surface area contributed by atoms with E-state index in [1.54, 1.807) is 12.1 Å². The normalized spacial score (nSPS) is 12.2. The monoisotopic (exact) mass is 316 g/mol. The molecule has 0 saturated carbocycles. The number of halogens is 2. The van der Waals surface area contributed by atoms with Gasteiger partial charge in [-0.25, -0.2) is 8.78 Å². The van der Waals surface area contributed by atoms with Gasteiger partial charge >= 0.3 is 0 Å². The van der Waals surface area contributed by atoms with Gasteiger partial charge in [0.15, 0.2) is 11.6 Å². The van der Waals surface area contributed by atoms with E-state index in [9.17, 15) is 8.78 Å². The van der Waals surface area contributed by atoms with Gasteiger partial charge in [-0.15, -0.1) is 0 Å². The van der Waals surface area contributed by atoms with Crippen molar-refractivity contribution in [2.45, 2.75) is 46.0 Å². The molecule has 0 amide bonds. The average Bonchev–Trinajstić information content (AvgIpc) is 2.90. The lowest BCUT2D eigenvalue weighted by Gasteiger charge is -2.10. The fraction of sp³-hybridized carbons (Fsp3) is 0.400. The van der Waals surface area contributed by atoms with Crippen molar-refractivity contribution in [3.05, 3.63) is 52.6 Å². The highest BCUT2D eigenvalue weighted by Crippen LogP contribution is 2.42. The SMILES string of the molecule is CCCCOc1ccc2c(c1F)Cc1c(F)cc(CCC)cc1-2. The van der Waals surface area contributed by atoms with Crippen molar-refractivity contribution in [3.63, 3.8) is 0 Å². The molecule has 0 spiro atoms. The minimum Gasteiger partial charge on any atom is -0.491 e. The summed E-state index contributed by atoms with van der Waals surface area (Å²) >= 11 is 0. The van der Waals surface area contributed by atoms with Crippen LogP contribution >= 0.6 is 0 Å². The van der Waals surface area contributed by atoms with Gasteiger partial charge < -0.3 is 4.74 Å².